The summed E-state index contributed by atoms with van der Waals surface area (Å²) in [5.74, 6) is 1.18. The number of nitrogens with one attached hydrogen (secondary N) is 1. The second-order valence-electron chi connectivity index (χ2n) is 7.12. The zero-order valence-corrected chi connectivity index (χ0v) is 18.5. The summed E-state index contributed by atoms with van der Waals surface area (Å²) in [5, 5.41) is 3.32. The van der Waals surface area contributed by atoms with Crippen molar-refractivity contribution in [2.24, 2.45) is 0 Å². The van der Waals surface area contributed by atoms with Gasteiger partial charge in [-0.2, -0.15) is 0 Å². The number of fused-ring (bicyclic) bond motifs is 1. The van der Waals surface area contributed by atoms with E-state index < -0.39 is 10.0 Å². The van der Waals surface area contributed by atoms with Gasteiger partial charge in [-0.1, -0.05) is 29.8 Å². The Kier molecular flexibility index (Phi) is 7.10. The van der Waals surface area contributed by atoms with Crippen LogP contribution in [0.1, 0.15) is 18.4 Å². The number of hydrogen-bond acceptors (Lipinski definition) is 5. The van der Waals surface area contributed by atoms with E-state index in [4.69, 9.17) is 21.1 Å². The molecule has 0 aliphatic carbocycles. The van der Waals surface area contributed by atoms with Crippen LogP contribution < -0.4 is 19.1 Å². The molecule has 9 heteroatoms. The molecule has 1 heterocycles. The highest BCUT2D eigenvalue weighted by atomic mass is 35.5. The van der Waals surface area contributed by atoms with Gasteiger partial charge >= 0.3 is 0 Å². The van der Waals surface area contributed by atoms with Crippen molar-refractivity contribution in [1.29, 1.82) is 0 Å². The highest BCUT2D eigenvalue weighted by molar-refractivity contribution is 7.92. The van der Waals surface area contributed by atoms with E-state index in [1.165, 1.54) is 4.31 Å². The van der Waals surface area contributed by atoms with E-state index in [-0.39, 0.29) is 25.0 Å². The van der Waals surface area contributed by atoms with E-state index in [2.05, 4.69) is 5.32 Å². The first kappa shape index (κ1) is 22.2. The van der Waals surface area contributed by atoms with Gasteiger partial charge in [0.1, 0.15) is 12.7 Å². The number of carbonyl (C=O) groups excluding carboxylic acids is 1. The Balaban J connectivity index is 1.50. The lowest BCUT2D eigenvalue weighted by Gasteiger charge is -2.26. The molecule has 1 aliphatic rings. The van der Waals surface area contributed by atoms with Gasteiger partial charge in [-0.25, -0.2) is 8.42 Å². The van der Waals surface area contributed by atoms with Crippen molar-refractivity contribution in [1.82, 2.24) is 5.32 Å². The van der Waals surface area contributed by atoms with E-state index in [1.54, 1.807) is 25.1 Å². The molecule has 0 spiro atoms. The molecular formula is C21H25ClN2O5S. The molecule has 0 aromatic heterocycles. The number of para-hydroxylation sites is 2. The van der Waals surface area contributed by atoms with Crippen molar-refractivity contribution >= 4 is 33.2 Å². The molecule has 2 aromatic rings. The normalized spacial score (nSPS) is 15.5. The molecule has 7 nitrogen and oxygen atoms in total. The van der Waals surface area contributed by atoms with Crippen LogP contribution in [-0.4, -0.2) is 46.4 Å². The Hall–Kier alpha value is -2.45. The maximum atomic E-state index is 12.3. The zero-order chi connectivity index (χ0) is 21.7. The smallest absolute Gasteiger partial charge is 0.232 e. The van der Waals surface area contributed by atoms with E-state index >= 15 is 0 Å². The van der Waals surface area contributed by atoms with Crippen molar-refractivity contribution in [3.8, 4) is 11.5 Å². The fraction of sp³-hybridized carbons (Fsp3) is 0.381. The van der Waals surface area contributed by atoms with E-state index in [1.807, 2.05) is 24.3 Å². The third-order valence-electron chi connectivity index (χ3n) is 4.77. The Morgan fingerprint density at radius 3 is 2.67 bits per heavy atom. The maximum Gasteiger partial charge on any atom is 0.232 e. The first-order chi connectivity index (χ1) is 14.3. The topological polar surface area (TPSA) is 84.9 Å². The lowest BCUT2D eigenvalue weighted by Crippen LogP contribution is -2.41. The summed E-state index contributed by atoms with van der Waals surface area (Å²) in [6, 6.07) is 12.5. The van der Waals surface area contributed by atoms with Crippen LogP contribution in [0.2, 0.25) is 5.02 Å². The molecule has 162 valence electrons. The van der Waals surface area contributed by atoms with Gasteiger partial charge in [-0.05, 0) is 43.2 Å². The number of halogens is 1. The minimum Gasteiger partial charge on any atom is -0.486 e. The minimum atomic E-state index is -3.51. The van der Waals surface area contributed by atoms with Crippen molar-refractivity contribution < 1.29 is 22.7 Å². The number of hydrogen-bond donors (Lipinski definition) is 1. The second kappa shape index (κ2) is 9.57. The summed E-state index contributed by atoms with van der Waals surface area (Å²) in [6.07, 6.45) is 1.43. The zero-order valence-electron chi connectivity index (χ0n) is 16.9. The maximum absolute atomic E-state index is 12.3. The summed E-state index contributed by atoms with van der Waals surface area (Å²) in [4.78, 5) is 12.2. The molecule has 1 amide bonds. The molecule has 0 saturated carbocycles. The van der Waals surface area contributed by atoms with Crippen LogP contribution in [0.3, 0.4) is 0 Å². The number of anilines is 1. The van der Waals surface area contributed by atoms with Gasteiger partial charge in [0, 0.05) is 18.0 Å². The van der Waals surface area contributed by atoms with Crippen LogP contribution in [0, 0.1) is 6.92 Å². The third-order valence-corrected chi connectivity index (χ3v) is 6.36. The summed E-state index contributed by atoms with van der Waals surface area (Å²) in [6.45, 7) is 2.63. The molecule has 0 fully saturated rings. The van der Waals surface area contributed by atoms with Gasteiger partial charge in [-0.3, -0.25) is 9.10 Å². The van der Waals surface area contributed by atoms with Crippen molar-refractivity contribution in [2.75, 3.05) is 30.3 Å². The first-order valence-corrected chi connectivity index (χ1v) is 11.9. The molecule has 1 aliphatic heterocycles. The van der Waals surface area contributed by atoms with Gasteiger partial charge in [-0.15, -0.1) is 0 Å². The Morgan fingerprint density at radius 2 is 1.93 bits per heavy atom. The molecule has 1 N–H and O–H groups in total. The SMILES string of the molecule is Cc1c(Cl)cccc1N(CCCC(=O)NC[C@@H]1COc2ccccc2O1)S(C)(=O)=O. The number of ether oxygens (including phenoxy) is 2. The lowest BCUT2D eigenvalue weighted by molar-refractivity contribution is -0.121. The molecule has 30 heavy (non-hydrogen) atoms. The second-order valence-corrected chi connectivity index (χ2v) is 9.44. The Morgan fingerprint density at radius 1 is 1.20 bits per heavy atom. The Bertz CT molecular complexity index is 1010. The number of rotatable bonds is 8. The van der Waals surface area contributed by atoms with Gasteiger partial charge in [0.05, 0.1) is 18.5 Å². The highest BCUT2D eigenvalue weighted by Gasteiger charge is 2.22. The van der Waals surface area contributed by atoms with Gasteiger partial charge in [0.2, 0.25) is 15.9 Å². The fourth-order valence-electron chi connectivity index (χ4n) is 3.19. The van der Waals surface area contributed by atoms with Gasteiger partial charge in [0.25, 0.3) is 0 Å². The molecule has 2 aromatic carbocycles. The van der Waals surface area contributed by atoms with Crippen molar-refractivity contribution in [2.45, 2.75) is 25.9 Å². The van der Waals surface area contributed by atoms with Gasteiger partial charge in [0.15, 0.2) is 11.5 Å². The largest absolute Gasteiger partial charge is 0.486 e. The molecule has 0 bridgehead atoms. The monoisotopic (exact) mass is 452 g/mol. The van der Waals surface area contributed by atoms with Gasteiger partial charge < -0.3 is 14.8 Å². The van der Waals surface area contributed by atoms with E-state index in [0.29, 0.717) is 47.3 Å². The quantitative estimate of drug-likeness (QED) is 0.665. The Labute approximate surface area is 182 Å². The number of nitrogens with zero attached hydrogens (tertiary/aromatic N) is 1. The van der Waals surface area contributed by atoms with Crippen LogP contribution in [0.5, 0.6) is 11.5 Å². The third kappa shape index (κ3) is 5.58. The predicted molar refractivity (Wildman–Crippen MR) is 117 cm³/mol. The molecule has 1 atom stereocenters. The van der Waals surface area contributed by atoms with E-state index in [0.717, 1.165) is 6.26 Å². The van der Waals surface area contributed by atoms with E-state index in [9.17, 15) is 13.2 Å². The number of sulfonamides is 1. The first-order valence-electron chi connectivity index (χ1n) is 9.63. The molecular weight excluding hydrogens is 428 g/mol. The minimum absolute atomic E-state index is 0.172. The average Bonchev–Trinajstić information content (AvgIpc) is 2.71. The summed E-state index contributed by atoms with van der Waals surface area (Å²) >= 11 is 6.13. The number of benzene rings is 2. The highest BCUT2D eigenvalue weighted by Crippen LogP contribution is 2.31. The fourth-order valence-corrected chi connectivity index (χ4v) is 4.38. The van der Waals surface area contributed by atoms with Crippen LogP contribution in [0.4, 0.5) is 5.69 Å². The average molecular weight is 453 g/mol. The predicted octanol–water partition coefficient (Wildman–Crippen LogP) is 3.15. The van der Waals surface area contributed by atoms with Crippen molar-refractivity contribution in [3.05, 3.63) is 53.1 Å². The van der Waals surface area contributed by atoms with Crippen LogP contribution in [-0.2, 0) is 14.8 Å². The molecule has 3 rings (SSSR count). The summed E-state index contributed by atoms with van der Waals surface area (Å²) in [5.41, 5.74) is 1.21. The number of carbonyl (C=O) groups is 1. The summed E-state index contributed by atoms with van der Waals surface area (Å²) < 4.78 is 37.2. The standard InChI is InChI=1S/C21H25ClN2O5S/c1-15-17(22)7-5-8-18(15)24(30(2,26)27)12-6-11-21(25)23-13-16-14-28-19-9-3-4-10-20(19)29-16/h3-5,7-10,16H,6,11-14H2,1-2H3,(H,23,25)/t16-/m1/s1. The summed E-state index contributed by atoms with van der Waals surface area (Å²) in [7, 11) is -3.51. The molecule has 0 radical (unpaired) electrons. The van der Waals surface area contributed by atoms with Crippen LogP contribution in [0.25, 0.3) is 0 Å². The molecule has 0 saturated heterocycles. The lowest BCUT2D eigenvalue weighted by atomic mass is 10.2. The number of amides is 1. The van der Waals surface area contributed by atoms with Crippen LogP contribution in [0.15, 0.2) is 42.5 Å². The van der Waals surface area contributed by atoms with Crippen LogP contribution >= 0.6 is 11.6 Å². The van der Waals surface area contributed by atoms with Crippen molar-refractivity contribution in [3.63, 3.8) is 0 Å². The molecule has 0 unspecified atom stereocenters.